The zero-order valence-electron chi connectivity index (χ0n) is 20.1. The Bertz CT molecular complexity index is 1310. The van der Waals surface area contributed by atoms with Crippen molar-refractivity contribution >= 4 is 42.6 Å². The van der Waals surface area contributed by atoms with Crippen LogP contribution in [0.25, 0.3) is 10.2 Å². The molecule has 2 aliphatic rings. The maximum atomic E-state index is 13.7. The van der Waals surface area contributed by atoms with E-state index in [4.69, 9.17) is 19.2 Å². The van der Waals surface area contributed by atoms with Gasteiger partial charge in [-0.1, -0.05) is 11.3 Å². The molecule has 2 aliphatic heterocycles. The number of amides is 1. The van der Waals surface area contributed by atoms with Crippen molar-refractivity contribution in [3.05, 3.63) is 48.0 Å². The molecule has 0 radical (unpaired) electrons. The van der Waals surface area contributed by atoms with Crippen LogP contribution in [0.15, 0.2) is 47.4 Å². The van der Waals surface area contributed by atoms with E-state index in [-0.39, 0.29) is 16.9 Å². The third-order valence-corrected chi connectivity index (χ3v) is 9.21. The molecule has 36 heavy (non-hydrogen) atoms. The van der Waals surface area contributed by atoms with E-state index in [1.54, 1.807) is 17.0 Å². The highest BCUT2D eigenvalue weighted by molar-refractivity contribution is 7.89. The highest BCUT2D eigenvalue weighted by Crippen LogP contribution is 2.33. The number of hydrogen-bond acceptors (Lipinski definition) is 8. The predicted octanol–water partition coefficient (Wildman–Crippen LogP) is 3.54. The Kier molecular flexibility index (Phi) is 7.54. The molecule has 0 saturated carbocycles. The van der Waals surface area contributed by atoms with E-state index < -0.39 is 10.0 Å². The summed E-state index contributed by atoms with van der Waals surface area (Å²) in [5, 5.41) is 0.573. The third kappa shape index (κ3) is 5.25. The first-order valence-corrected chi connectivity index (χ1v) is 14.4. The van der Waals surface area contributed by atoms with Gasteiger partial charge < -0.3 is 14.2 Å². The van der Waals surface area contributed by atoms with Crippen molar-refractivity contribution in [3.8, 4) is 5.75 Å². The Morgan fingerprint density at radius 2 is 1.94 bits per heavy atom. The number of fused-ring (bicyclic) bond motifs is 1. The second kappa shape index (κ2) is 10.8. The molecule has 2 saturated heterocycles. The van der Waals surface area contributed by atoms with Gasteiger partial charge in [-0.3, -0.25) is 9.69 Å². The molecule has 3 heterocycles. The van der Waals surface area contributed by atoms with Gasteiger partial charge in [0.15, 0.2) is 5.13 Å². The minimum Gasteiger partial charge on any atom is -0.494 e. The van der Waals surface area contributed by atoms with Crippen LogP contribution >= 0.6 is 11.3 Å². The second-order valence-corrected chi connectivity index (χ2v) is 11.6. The number of nitrogens with zero attached hydrogens (tertiary/aromatic N) is 3. The van der Waals surface area contributed by atoms with E-state index in [2.05, 4.69) is 0 Å². The number of sulfonamides is 1. The normalized spacial score (nSPS) is 19.0. The van der Waals surface area contributed by atoms with Crippen molar-refractivity contribution in [1.82, 2.24) is 9.29 Å². The van der Waals surface area contributed by atoms with Gasteiger partial charge in [-0.05, 0) is 62.2 Å². The number of anilines is 1. The van der Waals surface area contributed by atoms with Crippen molar-refractivity contribution in [2.45, 2.75) is 30.8 Å². The lowest BCUT2D eigenvalue weighted by molar-refractivity contribution is 0.0730. The Morgan fingerprint density at radius 1 is 1.17 bits per heavy atom. The summed E-state index contributed by atoms with van der Waals surface area (Å²) in [6.07, 6.45) is 1.76. The Hall–Kier alpha value is -2.57. The van der Waals surface area contributed by atoms with E-state index >= 15 is 0 Å². The molecule has 192 valence electrons. The molecule has 3 aromatic rings. The summed E-state index contributed by atoms with van der Waals surface area (Å²) >= 11 is 1.42. The lowest BCUT2D eigenvalue weighted by atomic mass is 10.2. The number of aromatic nitrogens is 1. The fourth-order valence-electron chi connectivity index (χ4n) is 4.37. The SMILES string of the molecule is CCOc1ccc2nc(N(CC3CCCO3)C(=O)c3ccc(S(=O)(=O)N4CCOCC4)cc3)sc2c1. The average Bonchev–Trinajstić information content (AvgIpc) is 3.57. The summed E-state index contributed by atoms with van der Waals surface area (Å²) in [6.45, 7) is 4.95. The van der Waals surface area contributed by atoms with Gasteiger partial charge in [0.25, 0.3) is 5.91 Å². The highest BCUT2D eigenvalue weighted by atomic mass is 32.2. The number of ether oxygens (including phenoxy) is 3. The van der Waals surface area contributed by atoms with Crippen LogP contribution in [-0.2, 0) is 19.5 Å². The van der Waals surface area contributed by atoms with Crippen molar-refractivity contribution < 1.29 is 27.4 Å². The van der Waals surface area contributed by atoms with Crippen molar-refractivity contribution in [2.75, 3.05) is 51.0 Å². The smallest absolute Gasteiger partial charge is 0.260 e. The van der Waals surface area contributed by atoms with Crippen LogP contribution in [0.4, 0.5) is 5.13 Å². The molecule has 1 atom stereocenters. The topological polar surface area (TPSA) is 98.3 Å². The summed E-state index contributed by atoms with van der Waals surface area (Å²) in [5.74, 6) is 0.513. The molecular formula is C25H29N3O6S2. The number of carbonyl (C=O) groups excluding carboxylic acids is 1. The van der Waals surface area contributed by atoms with Gasteiger partial charge >= 0.3 is 0 Å². The number of morpholine rings is 1. The van der Waals surface area contributed by atoms with Crippen LogP contribution in [0.1, 0.15) is 30.1 Å². The molecule has 9 nitrogen and oxygen atoms in total. The first kappa shape index (κ1) is 25.1. The van der Waals surface area contributed by atoms with Crippen LogP contribution in [-0.4, -0.2) is 75.8 Å². The second-order valence-electron chi connectivity index (χ2n) is 8.65. The lowest BCUT2D eigenvalue weighted by Gasteiger charge is -2.26. The lowest BCUT2D eigenvalue weighted by Crippen LogP contribution is -2.40. The van der Waals surface area contributed by atoms with E-state index in [9.17, 15) is 13.2 Å². The molecular weight excluding hydrogens is 502 g/mol. The maximum absolute atomic E-state index is 13.7. The molecule has 0 aliphatic carbocycles. The minimum absolute atomic E-state index is 0.0686. The summed E-state index contributed by atoms with van der Waals surface area (Å²) in [7, 11) is -3.64. The number of benzene rings is 2. The van der Waals surface area contributed by atoms with E-state index in [1.807, 2.05) is 25.1 Å². The zero-order valence-corrected chi connectivity index (χ0v) is 21.7. The van der Waals surface area contributed by atoms with Gasteiger partial charge in [-0.2, -0.15) is 4.31 Å². The van der Waals surface area contributed by atoms with Crippen molar-refractivity contribution in [1.29, 1.82) is 0 Å². The first-order valence-electron chi connectivity index (χ1n) is 12.1. The average molecular weight is 532 g/mol. The largest absolute Gasteiger partial charge is 0.494 e. The minimum atomic E-state index is -3.64. The van der Waals surface area contributed by atoms with Crippen LogP contribution in [0.3, 0.4) is 0 Å². The van der Waals surface area contributed by atoms with Crippen molar-refractivity contribution in [3.63, 3.8) is 0 Å². The van der Waals surface area contributed by atoms with Gasteiger partial charge in [-0.15, -0.1) is 0 Å². The Morgan fingerprint density at radius 3 is 2.64 bits per heavy atom. The summed E-state index contributed by atoms with van der Waals surface area (Å²) in [5.41, 5.74) is 1.18. The Balaban J connectivity index is 1.42. The molecule has 5 rings (SSSR count). The monoisotopic (exact) mass is 531 g/mol. The van der Waals surface area contributed by atoms with Gasteiger partial charge in [0, 0.05) is 25.3 Å². The highest BCUT2D eigenvalue weighted by Gasteiger charge is 2.29. The Labute approximate surface area is 214 Å². The molecule has 1 aromatic heterocycles. The van der Waals surface area contributed by atoms with Crippen LogP contribution < -0.4 is 9.64 Å². The summed E-state index contributed by atoms with van der Waals surface area (Å²) < 4.78 is 45.0. The third-order valence-electron chi connectivity index (χ3n) is 6.25. The molecule has 0 spiro atoms. The molecule has 1 amide bonds. The summed E-state index contributed by atoms with van der Waals surface area (Å²) in [6, 6.07) is 11.8. The first-order chi connectivity index (χ1) is 17.5. The number of carbonyl (C=O) groups is 1. The van der Waals surface area contributed by atoms with Gasteiger partial charge in [-0.25, -0.2) is 13.4 Å². The van der Waals surface area contributed by atoms with Gasteiger partial charge in [0.1, 0.15) is 5.75 Å². The molecule has 11 heteroatoms. The van der Waals surface area contributed by atoms with Crippen LogP contribution in [0.2, 0.25) is 0 Å². The number of hydrogen-bond donors (Lipinski definition) is 0. The fraction of sp³-hybridized carbons (Fsp3) is 0.440. The van der Waals surface area contributed by atoms with E-state index in [1.165, 1.54) is 27.8 Å². The number of rotatable bonds is 8. The molecule has 0 N–H and O–H groups in total. The van der Waals surface area contributed by atoms with Gasteiger partial charge in [0.2, 0.25) is 10.0 Å². The molecule has 0 bridgehead atoms. The maximum Gasteiger partial charge on any atom is 0.260 e. The molecule has 1 unspecified atom stereocenters. The van der Waals surface area contributed by atoms with Crippen molar-refractivity contribution in [2.24, 2.45) is 0 Å². The van der Waals surface area contributed by atoms with E-state index in [0.717, 1.165) is 28.8 Å². The fourth-order valence-corrected chi connectivity index (χ4v) is 6.78. The van der Waals surface area contributed by atoms with Gasteiger partial charge in [0.05, 0.1) is 47.6 Å². The van der Waals surface area contributed by atoms with E-state index in [0.29, 0.717) is 56.8 Å². The quantitative estimate of drug-likeness (QED) is 0.439. The predicted molar refractivity (Wildman–Crippen MR) is 137 cm³/mol. The summed E-state index contributed by atoms with van der Waals surface area (Å²) in [4.78, 5) is 20.2. The van der Waals surface area contributed by atoms with Crippen LogP contribution in [0, 0.1) is 0 Å². The molecule has 2 aromatic carbocycles. The standard InChI is InChI=1S/C25H29N3O6S2/c1-2-33-19-7-10-22-23(16-19)35-25(26-22)28(17-20-4-3-13-34-20)24(29)18-5-8-21(9-6-18)36(30,31)27-11-14-32-15-12-27/h5-10,16,20H,2-4,11-15,17H2,1H3. The number of thiazole rings is 1. The zero-order chi connectivity index (χ0) is 25.1. The van der Waals surface area contributed by atoms with Crippen LogP contribution in [0.5, 0.6) is 5.75 Å². The molecule has 2 fully saturated rings.